The summed E-state index contributed by atoms with van der Waals surface area (Å²) in [6.07, 6.45) is 3.87. The fourth-order valence-corrected chi connectivity index (χ4v) is 2.64. The average Bonchev–Trinajstić information content (AvgIpc) is 2.91. The second kappa shape index (κ2) is 6.88. The molecule has 2 N–H and O–H groups in total. The Morgan fingerprint density at radius 3 is 3.00 bits per heavy atom. The molecular formula is C15H26N4O. The predicted octanol–water partition coefficient (Wildman–Crippen LogP) is 2.14. The molecule has 2 heterocycles. The Labute approximate surface area is 121 Å². The lowest BCUT2D eigenvalue weighted by Crippen LogP contribution is -2.42. The SMILES string of the molecule is CC(C)c1cc(C(=O)NCCN2CCCC[C@H]2C)n[nH]1. The first-order valence-corrected chi connectivity index (χ1v) is 7.65. The van der Waals surface area contributed by atoms with Crippen LogP contribution in [0.4, 0.5) is 0 Å². The molecular weight excluding hydrogens is 252 g/mol. The van der Waals surface area contributed by atoms with Gasteiger partial charge < -0.3 is 5.32 Å². The maximum absolute atomic E-state index is 12.0. The summed E-state index contributed by atoms with van der Waals surface area (Å²) in [5.41, 5.74) is 1.49. The zero-order chi connectivity index (χ0) is 14.5. The van der Waals surface area contributed by atoms with Gasteiger partial charge in [0.1, 0.15) is 5.69 Å². The molecule has 0 radical (unpaired) electrons. The molecule has 0 unspecified atom stereocenters. The summed E-state index contributed by atoms with van der Waals surface area (Å²) >= 11 is 0. The molecule has 20 heavy (non-hydrogen) atoms. The second-order valence-corrected chi connectivity index (χ2v) is 6.00. The third-order valence-electron chi connectivity index (χ3n) is 4.08. The van der Waals surface area contributed by atoms with Gasteiger partial charge in [0.2, 0.25) is 0 Å². The van der Waals surface area contributed by atoms with Crippen LogP contribution in [0.5, 0.6) is 0 Å². The number of nitrogens with one attached hydrogen (secondary N) is 2. The Kier molecular flexibility index (Phi) is 5.17. The standard InChI is InChI=1S/C15H26N4O/c1-11(2)13-10-14(18-17-13)15(20)16-7-9-19-8-5-4-6-12(19)3/h10-12H,4-9H2,1-3H3,(H,16,20)(H,17,18)/t12-/m1/s1. The van der Waals surface area contributed by atoms with Gasteiger partial charge in [-0.3, -0.25) is 14.8 Å². The number of rotatable bonds is 5. The van der Waals surface area contributed by atoms with Crippen LogP contribution < -0.4 is 5.32 Å². The van der Waals surface area contributed by atoms with E-state index in [2.05, 4.69) is 41.2 Å². The number of nitrogens with zero attached hydrogens (tertiary/aromatic N) is 2. The van der Waals surface area contributed by atoms with Crippen molar-refractivity contribution in [2.24, 2.45) is 0 Å². The lowest BCUT2D eigenvalue weighted by atomic mass is 10.0. The van der Waals surface area contributed by atoms with E-state index in [1.54, 1.807) is 0 Å². The zero-order valence-corrected chi connectivity index (χ0v) is 12.8. The first kappa shape index (κ1) is 15.0. The Hall–Kier alpha value is -1.36. The van der Waals surface area contributed by atoms with Crippen molar-refractivity contribution in [1.82, 2.24) is 20.4 Å². The van der Waals surface area contributed by atoms with Gasteiger partial charge >= 0.3 is 0 Å². The molecule has 5 nitrogen and oxygen atoms in total. The highest BCUT2D eigenvalue weighted by atomic mass is 16.1. The predicted molar refractivity (Wildman–Crippen MR) is 79.9 cm³/mol. The van der Waals surface area contributed by atoms with E-state index < -0.39 is 0 Å². The number of aromatic nitrogens is 2. The fourth-order valence-electron chi connectivity index (χ4n) is 2.64. The van der Waals surface area contributed by atoms with Crippen LogP contribution in [-0.2, 0) is 0 Å². The third kappa shape index (κ3) is 3.82. The Morgan fingerprint density at radius 2 is 2.35 bits per heavy atom. The Bertz CT molecular complexity index is 441. The molecule has 1 aliphatic rings. The number of amides is 1. The van der Waals surface area contributed by atoms with Crippen LogP contribution in [0, 0.1) is 0 Å². The summed E-state index contributed by atoms with van der Waals surface area (Å²) in [4.78, 5) is 14.4. The number of H-pyrrole nitrogens is 1. The van der Waals surface area contributed by atoms with Crippen molar-refractivity contribution < 1.29 is 4.79 Å². The fraction of sp³-hybridized carbons (Fsp3) is 0.733. The second-order valence-electron chi connectivity index (χ2n) is 6.00. The number of carbonyl (C=O) groups is 1. The van der Waals surface area contributed by atoms with Gasteiger partial charge in [-0.1, -0.05) is 20.3 Å². The first-order valence-electron chi connectivity index (χ1n) is 7.65. The van der Waals surface area contributed by atoms with Gasteiger partial charge in [0.05, 0.1) is 0 Å². The van der Waals surface area contributed by atoms with Gasteiger partial charge in [0.25, 0.3) is 5.91 Å². The van der Waals surface area contributed by atoms with Crippen molar-refractivity contribution in [3.8, 4) is 0 Å². The van der Waals surface area contributed by atoms with Crippen molar-refractivity contribution >= 4 is 5.91 Å². The van der Waals surface area contributed by atoms with Gasteiger partial charge in [-0.15, -0.1) is 0 Å². The van der Waals surface area contributed by atoms with Crippen molar-refractivity contribution in [3.63, 3.8) is 0 Å². The van der Waals surface area contributed by atoms with E-state index in [-0.39, 0.29) is 5.91 Å². The lowest BCUT2D eigenvalue weighted by molar-refractivity contribution is 0.0933. The zero-order valence-electron chi connectivity index (χ0n) is 12.8. The smallest absolute Gasteiger partial charge is 0.271 e. The van der Waals surface area contributed by atoms with Crippen LogP contribution in [0.2, 0.25) is 0 Å². The number of hydrogen-bond donors (Lipinski definition) is 2. The Morgan fingerprint density at radius 1 is 1.55 bits per heavy atom. The van der Waals surface area contributed by atoms with E-state index in [0.717, 1.165) is 18.8 Å². The van der Waals surface area contributed by atoms with Crippen LogP contribution in [0.15, 0.2) is 6.07 Å². The summed E-state index contributed by atoms with van der Waals surface area (Å²) in [6.45, 7) is 9.18. The van der Waals surface area contributed by atoms with Gasteiger partial charge in [0.15, 0.2) is 0 Å². The molecule has 5 heteroatoms. The molecule has 0 aromatic carbocycles. The summed E-state index contributed by atoms with van der Waals surface area (Å²) in [5.74, 6) is 0.274. The first-order chi connectivity index (χ1) is 9.58. The van der Waals surface area contributed by atoms with Crippen LogP contribution >= 0.6 is 0 Å². The van der Waals surface area contributed by atoms with Gasteiger partial charge in [-0.25, -0.2) is 0 Å². The molecule has 112 valence electrons. The molecule has 1 aromatic rings. The molecule has 2 rings (SSSR count). The van der Waals surface area contributed by atoms with Crippen LogP contribution in [0.1, 0.15) is 62.1 Å². The minimum Gasteiger partial charge on any atom is -0.349 e. The number of hydrogen-bond acceptors (Lipinski definition) is 3. The largest absolute Gasteiger partial charge is 0.349 e. The lowest BCUT2D eigenvalue weighted by Gasteiger charge is -2.33. The van der Waals surface area contributed by atoms with E-state index in [9.17, 15) is 4.79 Å². The molecule has 1 saturated heterocycles. The topological polar surface area (TPSA) is 61.0 Å². The quantitative estimate of drug-likeness (QED) is 0.867. The van der Waals surface area contributed by atoms with Gasteiger partial charge in [-0.2, -0.15) is 5.10 Å². The van der Waals surface area contributed by atoms with Crippen molar-refractivity contribution in [2.75, 3.05) is 19.6 Å². The average molecular weight is 278 g/mol. The van der Waals surface area contributed by atoms with Crippen molar-refractivity contribution in [1.29, 1.82) is 0 Å². The van der Waals surface area contributed by atoms with Crippen molar-refractivity contribution in [2.45, 2.75) is 52.0 Å². The van der Waals surface area contributed by atoms with E-state index >= 15 is 0 Å². The third-order valence-corrected chi connectivity index (χ3v) is 4.08. The summed E-state index contributed by atoms with van der Waals surface area (Å²) in [6, 6.07) is 2.47. The van der Waals surface area contributed by atoms with E-state index in [4.69, 9.17) is 0 Å². The maximum atomic E-state index is 12.0. The molecule has 1 aliphatic heterocycles. The number of piperidine rings is 1. The Balaban J connectivity index is 1.76. The monoisotopic (exact) mass is 278 g/mol. The molecule has 1 atom stereocenters. The van der Waals surface area contributed by atoms with E-state index in [0.29, 0.717) is 24.2 Å². The summed E-state index contributed by atoms with van der Waals surface area (Å²) < 4.78 is 0. The van der Waals surface area contributed by atoms with Gasteiger partial charge in [0, 0.05) is 24.8 Å². The van der Waals surface area contributed by atoms with Crippen LogP contribution in [0.3, 0.4) is 0 Å². The van der Waals surface area contributed by atoms with E-state index in [1.165, 1.54) is 19.3 Å². The number of likely N-dealkylation sites (tertiary alicyclic amines) is 1. The maximum Gasteiger partial charge on any atom is 0.271 e. The molecule has 1 fully saturated rings. The summed E-state index contributed by atoms with van der Waals surface area (Å²) in [5, 5.41) is 9.93. The molecule has 1 aromatic heterocycles. The van der Waals surface area contributed by atoms with Crippen LogP contribution in [-0.4, -0.2) is 46.7 Å². The molecule has 0 saturated carbocycles. The summed E-state index contributed by atoms with van der Waals surface area (Å²) in [7, 11) is 0. The molecule has 0 bridgehead atoms. The minimum absolute atomic E-state index is 0.0854. The van der Waals surface area contributed by atoms with Gasteiger partial charge in [-0.05, 0) is 38.3 Å². The highest BCUT2D eigenvalue weighted by Crippen LogP contribution is 2.15. The molecule has 1 amide bonds. The highest BCUT2D eigenvalue weighted by Gasteiger charge is 2.18. The molecule has 0 spiro atoms. The minimum atomic E-state index is -0.0854. The highest BCUT2D eigenvalue weighted by molar-refractivity contribution is 5.92. The normalized spacial score (nSPS) is 20.3. The number of carbonyl (C=O) groups excluding carboxylic acids is 1. The van der Waals surface area contributed by atoms with Crippen molar-refractivity contribution in [3.05, 3.63) is 17.5 Å². The molecule has 0 aliphatic carbocycles. The number of aromatic amines is 1. The van der Waals surface area contributed by atoms with Crippen LogP contribution in [0.25, 0.3) is 0 Å². The van der Waals surface area contributed by atoms with E-state index in [1.807, 2.05) is 6.07 Å².